The fourth-order valence-corrected chi connectivity index (χ4v) is 4.74. The topological polar surface area (TPSA) is 46.3 Å². The predicted molar refractivity (Wildman–Crippen MR) is 108 cm³/mol. The lowest BCUT2D eigenvalue weighted by atomic mass is 9.77. The zero-order valence-electron chi connectivity index (χ0n) is 15.3. The second-order valence-electron chi connectivity index (χ2n) is 7.69. The number of amides is 1. The second kappa shape index (κ2) is 7.99. The van der Waals surface area contributed by atoms with E-state index in [1.807, 2.05) is 29.2 Å². The van der Waals surface area contributed by atoms with Gasteiger partial charge in [0, 0.05) is 25.0 Å². The second-order valence-corrected chi connectivity index (χ2v) is 7.69. The van der Waals surface area contributed by atoms with Gasteiger partial charge in [0.2, 0.25) is 5.91 Å². The summed E-state index contributed by atoms with van der Waals surface area (Å²) in [7, 11) is 0. The number of nitrogens with zero attached hydrogens (tertiary/aromatic N) is 1. The Morgan fingerprint density at radius 1 is 1.04 bits per heavy atom. The highest BCUT2D eigenvalue weighted by Crippen LogP contribution is 2.44. The fourth-order valence-electron chi connectivity index (χ4n) is 4.74. The Balaban J connectivity index is 0.00000210. The van der Waals surface area contributed by atoms with E-state index in [9.17, 15) is 9.18 Å². The van der Waals surface area contributed by atoms with Crippen LogP contribution in [-0.4, -0.2) is 29.9 Å². The zero-order chi connectivity index (χ0) is 18.1. The van der Waals surface area contributed by atoms with E-state index in [4.69, 9.17) is 5.73 Å². The molecule has 0 bridgehead atoms. The minimum atomic E-state index is -0.590. The van der Waals surface area contributed by atoms with Gasteiger partial charge in [-0.05, 0) is 36.1 Å². The van der Waals surface area contributed by atoms with Crippen LogP contribution in [0.25, 0.3) is 0 Å². The summed E-state index contributed by atoms with van der Waals surface area (Å²) in [6, 6.07) is 16.7. The van der Waals surface area contributed by atoms with Crippen LogP contribution in [-0.2, 0) is 10.2 Å². The molecule has 2 aromatic rings. The Morgan fingerprint density at radius 3 is 2.41 bits per heavy atom. The van der Waals surface area contributed by atoms with E-state index in [0.29, 0.717) is 13.1 Å². The maximum atomic E-state index is 13.8. The van der Waals surface area contributed by atoms with Gasteiger partial charge >= 0.3 is 0 Å². The highest BCUT2D eigenvalue weighted by atomic mass is 35.5. The number of carbonyl (C=O) groups is 1. The maximum absolute atomic E-state index is 13.8. The highest BCUT2D eigenvalue weighted by Gasteiger charge is 2.47. The SMILES string of the molecule is Cl.N[C@@H]1CN(C(=O)C2(c3cccc(F)c3)CCCC2)C[C@H]1c1ccccc1. The van der Waals surface area contributed by atoms with Gasteiger partial charge in [-0.1, -0.05) is 55.3 Å². The average Bonchev–Trinajstić information content (AvgIpc) is 3.30. The number of halogens is 2. The van der Waals surface area contributed by atoms with Gasteiger partial charge in [0.25, 0.3) is 0 Å². The van der Waals surface area contributed by atoms with Gasteiger partial charge in [0.15, 0.2) is 0 Å². The van der Waals surface area contributed by atoms with Crippen molar-refractivity contribution in [2.75, 3.05) is 13.1 Å². The molecule has 1 saturated heterocycles. The van der Waals surface area contributed by atoms with Crippen molar-refractivity contribution in [2.45, 2.75) is 43.1 Å². The largest absolute Gasteiger partial charge is 0.340 e. The van der Waals surface area contributed by atoms with Crippen molar-refractivity contribution < 1.29 is 9.18 Å². The first-order valence-electron chi connectivity index (χ1n) is 9.46. The molecule has 1 aliphatic heterocycles. The highest BCUT2D eigenvalue weighted by molar-refractivity contribution is 5.89. The van der Waals surface area contributed by atoms with Gasteiger partial charge in [-0.25, -0.2) is 4.39 Å². The molecule has 2 N–H and O–H groups in total. The van der Waals surface area contributed by atoms with Crippen LogP contribution in [0.4, 0.5) is 4.39 Å². The summed E-state index contributed by atoms with van der Waals surface area (Å²) < 4.78 is 13.8. The minimum Gasteiger partial charge on any atom is -0.340 e. The van der Waals surface area contributed by atoms with Crippen molar-refractivity contribution >= 4 is 18.3 Å². The number of benzene rings is 2. The molecule has 0 spiro atoms. The zero-order valence-corrected chi connectivity index (χ0v) is 16.1. The predicted octanol–water partition coefficient (Wildman–Crippen LogP) is 4.01. The van der Waals surface area contributed by atoms with Gasteiger partial charge in [-0.3, -0.25) is 4.79 Å². The third kappa shape index (κ3) is 3.61. The van der Waals surface area contributed by atoms with E-state index in [0.717, 1.165) is 31.2 Å². The molecule has 0 unspecified atom stereocenters. The minimum absolute atomic E-state index is 0. The molecule has 144 valence electrons. The average molecular weight is 389 g/mol. The smallest absolute Gasteiger partial charge is 0.233 e. The van der Waals surface area contributed by atoms with Crippen LogP contribution in [0.15, 0.2) is 54.6 Å². The molecule has 1 aliphatic carbocycles. The molecule has 1 heterocycles. The number of hydrogen-bond acceptors (Lipinski definition) is 2. The van der Waals surface area contributed by atoms with Crippen LogP contribution >= 0.6 is 12.4 Å². The Kier molecular flexibility index (Phi) is 5.87. The van der Waals surface area contributed by atoms with Gasteiger partial charge in [-0.2, -0.15) is 0 Å². The van der Waals surface area contributed by atoms with Crippen molar-refractivity contribution in [1.82, 2.24) is 4.90 Å². The third-order valence-electron chi connectivity index (χ3n) is 6.12. The van der Waals surface area contributed by atoms with Gasteiger partial charge in [0.1, 0.15) is 5.82 Å². The normalized spacial score (nSPS) is 23.9. The third-order valence-corrected chi connectivity index (χ3v) is 6.12. The molecular formula is C22H26ClFN2O. The van der Waals surface area contributed by atoms with Crippen LogP contribution in [0, 0.1) is 5.82 Å². The summed E-state index contributed by atoms with van der Waals surface area (Å²) >= 11 is 0. The summed E-state index contributed by atoms with van der Waals surface area (Å²) in [4.78, 5) is 15.5. The molecule has 2 fully saturated rings. The van der Waals surface area contributed by atoms with Gasteiger partial charge < -0.3 is 10.6 Å². The molecule has 2 aromatic carbocycles. The Morgan fingerprint density at radius 2 is 1.74 bits per heavy atom. The number of carbonyl (C=O) groups excluding carboxylic acids is 1. The van der Waals surface area contributed by atoms with E-state index < -0.39 is 5.41 Å². The lowest BCUT2D eigenvalue weighted by Gasteiger charge is -2.33. The molecule has 4 rings (SSSR count). The van der Waals surface area contributed by atoms with Crippen LogP contribution in [0.1, 0.15) is 42.7 Å². The van der Waals surface area contributed by atoms with Gasteiger partial charge in [-0.15, -0.1) is 12.4 Å². The molecule has 3 nitrogen and oxygen atoms in total. The lowest BCUT2D eigenvalue weighted by molar-refractivity contribution is -0.136. The standard InChI is InChI=1S/C22H25FN2O.ClH/c23-18-10-6-9-17(13-18)22(11-4-5-12-22)21(26)25-14-19(20(24)15-25)16-7-2-1-3-8-16;/h1-3,6-10,13,19-20H,4-5,11-12,14-15,24H2;1H/t19-,20+;/m0./s1. The molecule has 1 saturated carbocycles. The molecule has 27 heavy (non-hydrogen) atoms. The number of rotatable bonds is 3. The molecule has 2 aliphatic rings. The first kappa shape index (κ1) is 19.8. The molecule has 1 amide bonds. The number of hydrogen-bond donors (Lipinski definition) is 1. The Labute approximate surface area is 166 Å². The van der Waals surface area contributed by atoms with Crippen molar-refractivity contribution in [2.24, 2.45) is 5.73 Å². The monoisotopic (exact) mass is 388 g/mol. The summed E-state index contributed by atoms with van der Waals surface area (Å²) in [6.45, 7) is 1.20. The molecule has 5 heteroatoms. The van der Waals surface area contributed by atoms with Crippen molar-refractivity contribution in [3.63, 3.8) is 0 Å². The molecular weight excluding hydrogens is 363 g/mol. The van der Waals surface area contributed by atoms with E-state index in [1.54, 1.807) is 6.07 Å². The van der Waals surface area contributed by atoms with E-state index >= 15 is 0 Å². The molecule has 0 aromatic heterocycles. The van der Waals surface area contributed by atoms with Crippen molar-refractivity contribution in [3.05, 3.63) is 71.5 Å². The van der Waals surface area contributed by atoms with Crippen molar-refractivity contribution in [1.29, 1.82) is 0 Å². The van der Waals surface area contributed by atoms with Crippen molar-refractivity contribution in [3.8, 4) is 0 Å². The van der Waals surface area contributed by atoms with Crippen LogP contribution in [0.2, 0.25) is 0 Å². The fraction of sp³-hybridized carbons (Fsp3) is 0.409. The summed E-state index contributed by atoms with van der Waals surface area (Å²) in [6.07, 6.45) is 3.59. The maximum Gasteiger partial charge on any atom is 0.233 e. The summed E-state index contributed by atoms with van der Waals surface area (Å²) in [5.74, 6) is 0.00227. The van der Waals surface area contributed by atoms with Crippen LogP contribution < -0.4 is 5.73 Å². The Hall–Kier alpha value is -1.91. The Bertz CT molecular complexity index is 792. The quantitative estimate of drug-likeness (QED) is 0.863. The van der Waals surface area contributed by atoms with Gasteiger partial charge in [0.05, 0.1) is 5.41 Å². The number of likely N-dealkylation sites (tertiary alicyclic amines) is 1. The lowest BCUT2D eigenvalue weighted by Crippen LogP contribution is -2.45. The molecule has 2 atom stereocenters. The summed E-state index contributed by atoms with van der Waals surface area (Å²) in [5, 5.41) is 0. The summed E-state index contributed by atoms with van der Waals surface area (Å²) in [5.41, 5.74) is 7.80. The molecule has 0 radical (unpaired) electrons. The van der Waals surface area contributed by atoms with E-state index in [-0.39, 0.29) is 36.1 Å². The van der Waals surface area contributed by atoms with E-state index in [2.05, 4.69) is 12.1 Å². The number of nitrogens with two attached hydrogens (primary N) is 1. The van der Waals surface area contributed by atoms with Crippen LogP contribution in [0.5, 0.6) is 0 Å². The van der Waals surface area contributed by atoms with Crippen LogP contribution in [0.3, 0.4) is 0 Å². The van der Waals surface area contributed by atoms with E-state index in [1.165, 1.54) is 17.7 Å². The first-order chi connectivity index (χ1) is 12.6. The first-order valence-corrected chi connectivity index (χ1v) is 9.46.